The van der Waals surface area contributed by atoms with E-state index < -0.39 is 0 Å². The second kappa shape index (κ2) is 11.0. The van der Waals surface area contributed by atoms with Gasteiger partial charge >= 0.3 is 0 Å². The third-order valence-corrected chi connectivity index (χ3v) is 4.66. The lowest BCUT2D eigenvalue weighted by molar-refractivity contribution is 0.269. The summed E-state index contributed by atoms with van der Waals surface area (Å²) in [6.07, 6.45) is 3.99. The van der Waals surface area contributed by atoms with E-state index in [-0.39, 0.29) is 0 Å². The first-order valence-electron chi connectivity index (χ1n) is 10.1. The summed E-state index contributed by atoms with van der Waals surface area (Å²) in [7, 11) is 4.80. The zero-order valence-electron chi connectivity index (χ0n) is 18.4. The van der Waals surface area contributed by atoms with Crippen LogP contribution in [0.25, 0.3) is 12.2 Å². The molecule has 0 heterocycles. The lowest BCUT2D eigenvalue weighted by Crippen LogP contribution is -1.99. The van der Waals surface area contributed by atoms with Crippen molar-refractivity contribution in [1.82, 2.24) is 0 Å². The molecule has 0 atom stereocenters. The van der Waals surface area contributed by atoms with E-state index in [2.05, 4.69) is 0 Å². The Balaban J connectivity index is 1.85. The Labute approximate surface area is 183 Å². The summed E-state index contributed by atoms with van der Waals surface area (Å²) in [5.74, 6) is 3.22. The maximum Gasteiger partial charge on any atom is 0.203 e. The molecule has 0 unspecified atom stereocenters. The first-order chi connectivity index (χ1) is 15.2. The number of benzene rings is 3. The lowest BCUT2D eigenvalue weighted by Gasteiger charge is -2.13. The highest BCUT2D eigenvalue weighted by Crippen LogP contribution is 2.38. The van der Waals surface area contributed by atoms with Crippen molar-refractivity contribution in [3.63, 3.8) is 0 Å². The van der Waals surface area contributed by atoms with Gasteiger partial charge in [0.05, 0.1) is 27.9 Å². The first kappa shape index (κ1) is 22.1. The van der Waals surface area contributed by atoms with Crippen LogP contribution in [-0.2, 0) is 6.61 Å². The van der Waals surface area contributed by atoms with E-state index in [1.54, 1.807) is 21.3 Å². The summed E-state index contributed by atoms with van der Waals surface area (Å²) in [6.45, 7) is 3.00. The van der Waals surface area contributed by atoms with E-state index in [9.17, 15) is 0 Å². The van der Waals surface area contributed by atoms with Gasteiger partial charge in [-0.2, -0.15) is 0 Å². The molecule has 3 aromatic rings. The molecular formula is C26H28O5. The van der Waals surface area contributed by atoms with Crippen molar-refractivity contribution >= 4 is 12.2 Å². The molecule has 0 fully saturated rings. The van der Waals surface area contributed by atoms with Gasteiger partial charge in [0.25, 0.3) is 0 Å². The van der Waals surface area contributed by atoms with Gasteiger partial charge in [-0.15, -0.1) is 0 Å². The molecule has 3 aromatic carbocycles. The summed E-state index contributed by atoms with van der Waals surface area (Å²) in [5, 5.41) is 0. The summed E-state index contributed by atoms with van der Waals surface area (Å²) < 4.78 is 28.0. The number of ether oxygens (including phenoxy) is 5. The molecule has 5 nitrogen and oxygen atoms in total. The second-order valence-electron chi connectivity index (χ2n) is 6.71. The molecule has 0 aromatic heterocycles. The van der Waals surface area contributed by atoms with Crippen molar-refractivity contribution in [2.75, 3.05) is 27.9 Å². The summed E-state index contributed by atoms with van der Waals surface area (Å²) >= 11 is 0. The molecule has 0 N–H and O–H groups in total. The molecule has 31 heavy (non-hydrogen) atoms. The molecule has 0 saturated heterocycles. The van der Waals surface area contributed by atoms with Crippen molar-refractivity contribution in [1.29, 1.82) is 0 Å². The molecule has 0 aliphatic carbocycles. The Morgan fingerprint density at radius 3 is 1.90 bits per heavy atom. The summed E-state index contributed by atoms with van der Waals surface area (Å²) in [4.78, 5) is 0. The highest BCUT2D eigenvalue weighted by Gasteiger charge is 2.12. The van der Waals surface area contributed by atoms with Gasteiger partial charge in [-0.25, -0.2) is 0 Å². The Morgan fingerprint density at radius 1 is 0.645 bits per heavy atom. The predicted molar refractivity (Wildman–Crippen MR) is 123 cm³/mol. The average Bonchev–Trinajstić information content (AvgIpc) is 2.82. The molecule has 0 radical (unpaired) electrons. The molecular weight excluding hydrogens is 392 g/mol. The van der Waals surface area contributed by atoms with Gasteiger partial charge in [0, 0.05) is 0 Å². The standard InChI is InChI=1S/C26H28O5/c1-5-30-22-14-13-19(15-23(22)31-18-20-9-7-6-8-10-20)11-12-21-16-24(27-2)26(29-4)25(17-21)28-3/h6-17H,5,18H2,1-4H3. The van der Waals surface area contributed by atoms with Crippen LogP contribution in [0.2, 0.25) is 0 Å². The topological polar surface area (TPSA) is 46.2 Å². The van der Waals surface area contributed by atoms with Crippen molar-refractivity contribution < 1.29 is 23.7 Å². The maximum absolute atomic E-state index is 6.06. The fourth-order valence-electron chi connectivity index (χ4n) is 3.14. The van der Waals surface area contributed by atoms with Crippen LogP contribution < -0.4 is 23.7 Å². The van der Waals surface area contributed by atoms with Gasteiger partial charge < -0.3 is 23.7 Å². The van der Waals surface area contributed by atoms with Crippen LogP contribution >= 0.6 is 0 Å². The SMILES string of the molecule is CCOc1ccc(C=Cc2cc(OC)c(OC)c(OC)c2)cc1OCc1ccccc1. The molecule has 0 amide bonds. The van der Waals surface area contributed by atoms with E-state index in [1.165, 1.54) is 0 Å². The molecule has 0 aliphatic rings. The van der Waals surface area contributed by atoms with Gasteiger partial charge in [-0.3, -0.25) is 0 Å². The number of hydrogen-bond acceptors (Lipinski definition) is 5. The summed E-state index contributed by atoms with van der Waals surface area (Å²) in [5.41, 5.74) is 3.01. The Hall–Kier alpha value is -3.60. The number of rotatable bonds is 10. The van der Waals surface area contributed by atoms with Gasteiger partial charge in [0.1, 0.15) is 6.61 Å². The normalized spacial score (nSPS) is 10.7. The quantitative estimate of drug-likeness (QED) is 0.385. The van der Waals surface area contributed by atoms with Gasteiger partial charge in [-0.1, -0.05) is 48.6 Å². The van der Waals surface area contributed by atoms with Crippen LogP contribution in [-0.4, -0.2) is 27.9 Å². The number of methoxy groups -OCH3 is 3. The number of hydrogen-bond donors (Lipinski definition) is 0. The first-order valence-corrected chi connectivity index (χ1v) is 10.1. The monoisotopic (exact) mass is 420 g/mol. The molecule has 0 saturated carbocycles. The lowest BCUT2D eigenvalue weighted by atomic mass is 10.1. The van der Waals surface area contributed by atoms with Crippen molar-refractivity contribution in [3.05, 3.63) is 77.4 Å². The van der Waals surface area contributed by atoms with Crippen LogP contribution in [0.15, 0.2) is 60.7 Å². The van der Waals surface area contributed by atoms with Crippen LogP contribution in [0.1, 0.15) is 23.6 Å². The molecule has 5 heteroatoms. The van der Waals surface area contributed by atoms with E-state index in [0.29, 0.717) is 36.2 Å². The van der Waals surface area contributed by atoms with E-state index in [1.807, 2.05) is 79.7 Å². The Bertz CT molecular complexity index is 987. The van der Waals surface area contributed by atoms with Gasteiger partial charge in [0.15, 0.2) is 23.0 Å². The fraction of sp³-hybridized carbons (Fsp3) is 0.231. The highest BCUT2D eigenvalue weighted by molar-refractivity contribution is 5.73. The van der Waals surface area contributed by atoms with Gasteiger partial charge in [-0.05, 0) is 47.9 Å². The predicted octanol–water partition coefficient (Wildman–Crippen LogP) is 5.86. The van der Waals surface area contributed by atoms with E-state index in [4.69, 9.17) is 23.7 Å². The zero-order chi connectivity index (χ0) is 22.1. The Morgan fingerprint density at radius 2 is 1.29 bits per heavy atom. The average molecular weight is 421 g/mol. The summed E-state index contributed by atoms with van der Waals surface area (Å²) in [6, 6.07) is 19.8. The minimum atomic E-state index is 0.473. The van der Waals surface area contributed by atoms with Crippen molar-refractivity contribution in [2.24, 2.45) is 0 Å². The minimum Gasteiger partial charge on any atom is -0.493 e. The molecule has 0 aliphatic heterocycles. The van der Waals surface area contributed by atoms with E-state index >= 15 is 0 Å². The smallest absolute Gasteiger partial charge is 0.203 e. The highest BCUT2D eigenvalue weighted by atomic mass is 16.5. The van der Waals surface area contributed by atoms with Crippen molar-refractivity contribution in [3.8, 4) is 28.7 Å². The van der Waals surface area contributed by atoms with Crippen LogP contribution in [0.3, 0.4) is 0 Å². The maximum atomic E-state index is 6.06. The molecule has 0 bridgehead atoms. The molecule has 3 rings (SSSR count). The van der Waals surface area contributed by atoms with Crippen LogP contribution in [0.4, 0.5) is 0 Å². The van der Waals surface area contributed by atoms with Crippen LogP contribution in [0, 0.1) is 0 Å². The third-order valence-electron chi connectivity index (χ3n) is 4.66. The molecule has 162 valence electrons. The minimum absolute atomic E-state index is 0.473. The Kier molecular flexibility index (Phi) is 7.82. The second-order valence-corrected chi connectivity index (χ2v) is 6.71. The van der Waals surface area contributed by atoms with Gasteiger partial charge in [0.2, 0.25) is 5.75 Å². The van der Waals surface area contributed by atoms with Crippen LogP contribution in [0.5, 0.6) is 28.7 Å². The zero-order valence-corrected chi connectivity index (χ0v) is 18.4. The fourth-order valence-corrected chi connectivity index (χ4v) is 3.14. The molecule has 0 spiro atoms. The third kappa shape index (κ3) is 5.72. The van der Waals surface area contributed by atoms with E-state index in [0.717, 1.165) is 22.4 Å². The van der Waals surface area contributed by atoms with Crippen molar-refractivity contribution in [2.45, 2.75) is 13.5 Å². The largest absolute Gasteiger partial charge is 0.493 e.